The topological polar surface area (TPSA) is 144 Å². The van der Waals surface area contributed by atoms with Crippen LogP contribution in [-0.2, 0) is 21.2 Å². The van der Waals surface area contributed by atoms with Crippen LogP contribution in [-0.4, -0.2) is 20.2 Å². The number of nitrogens with one attached hydrogen (secondary N) is 2. The Bertz CT molecular complexity index is 1190. The van der Waals surface area contributed by atoms with Gasteiger partial charge in [0.2, 0.25) is 15.9 Å². The number of anilines is 3. The van der Waals surface area contributed by atoms with Crippen molar-refractivity contribution in [3.63, 3.8) is 0 Å². The van der Waals surface area contributed by atoms with E-state index in [4.69, 9.17) is 10.9 Å². The lowest BCUT2D eigenvalue weighted by Gasteiger charge is -2.10. The highest BCUT2D eigenvalue weighted by atomic mass is 32.2. The lowest BCUT2D eigenvalue weighted by Crippen LogP contribution is -2.17. The minimum absolute atomic E-state index is 0.0516. The second kappa shape index (κ2) is 8.76. The smallest absolute Gasteiger partial charge is 0.255 e. The number of nitrogens with two attached hydrogens (primary N) is 2. The molecule has 0 aliphatic heterocycles. The van der Waals surface area contributed by atoms with E-state index in [9.17, 15) is 18.0 Å². The summed E-state index contributed by atoms with van der Waals surface area (Å²) >= 11 is 0. The predicted molar refractivity (Wildman–Crippen MR) is 115 cm³/mol. The zero-order valence-corrected chi connectivity index (χ0v) is 16.6. The largest absolute Gasteiger partial charge is 0.398 e. The van der Waals surface area contributed by atoms with Gasteiger partial charge in [0.1, 0.15) is 0 Å². The van der Waals surface area contributed by atoms with Gasteiger partial charge in [-0.3, -0.25) is 9.59 Å². The Balaban J connectivity index is 1.66. The lowest BCUT2D eigenvalue weighted by molar-refractivity contribution is -0.115. The van der Waals surface area contributed by atoms with Crippen LogP contribution in [0.5, 0.6) is 0 Å². The van der Waals surface area contributed by atoms with Crippen molar-refractivity contribution in [2.75, 3.05) is 16.4 Å². The summed E-state index contributed by atoms with van der Waals surface area (Å²) < 4.78 is 22.6. The van der Waals surface area contributed by atoms with Crippen LogP contribution in [0.4, 0.5) is 17.1 Å². The number of nitrogen functional groups attached to an aromatic ring is 1. The molecule has 0 spiro atoms. The van der Waals surface area contributed by atoms with E-state index in [2.05, 4.69) is 10.6 Å². The maximum Gasteiger partial charge on any atom is 0.255 e. The van der Waals surface area contributed by atoms with E-state index in [-0.39, 0.29) is 17.2 Å². The first kappa shape index (κ1) is 21.0. The van der Waals surface area contributed by atoms with Crippen molar-refractivity contribution in [2.24, 2.45) is 5.14 Å². The second-order valence-electron chi connectivity index (χ2n) is 6.53. The van der Waals surface area contributed by atoms with Crippen LogP contribution in [0.15, 0.2) is 77.7 Å². The molecule has 3 aromatic rings. The zero-order chi connectivity index (χ0) is 21.7. The predicted octanol–water partition coefficient (Wildman–Crippen LogP) is 2.35. The van der Waals surface area contributed by atoms with E-state index in [1.54, 1.807) is 48.5 Å². The fourth-order valence-electron chi connectivity index (χ4n) is 2.74. The van der Waals surface area contributed by atoms with Gasteiger partial charge in [-0.05, 0) is 54.1 Å². The van der Waals surface area contributed by atoms with Crippen LogP contribution in [0.2, 0.25) is 0 Å². The molecule has 0 heterocycles. The highest BCUT2D eigenvalue weighted by Crippen LogP contribution is 2.17. The maximum atomic E-state index is 12.5. The van der Waals surface area contributed by atoms with Gasteiger partial charge in [0.15, 0.2) is 0 Å². The summed E-state index contributed by atoms with van der Waals surface area (Å²) in [4.78, 5) is 24.7. The molecule has 0 aromatic heterocycles. The van der Waals surface area contributed by atoms with E-state index in [0.29, 0.717) is 28.2 Å². The molecule has 0 aliphatic rings. The highest BCUT2D eigenvalue weighted by molar-refractivity contribution is 7.89. The molecule has 30 heavy (non-hydrogen) atoms. The number of para-hydroxylation sites is 1. The maximum absolute atomic E-state index is 12.5. The molecule has 0 fully saturated rings. The quantitative estimate of drug-likeness (QED) is 0.449. The van der Waals surface area contributed by atoms with Gasteiger partial charge in [0.05, 0.1) is 11.3 Å². The molecule has 154 valence electrons. The lowest BCUT2D eigenvalue weighted by atomic mass is 10.1. The molecule has 0 aliphatic carbocycles. The molecule has 6 N–H and O–H groups in total. The SMILES string of the molecule is Nc1ccccc1CC(=O)Nc1cccc(C(=O)Nc2ccc(S(N)(=O)=O)cc2)c1. The second-order valence-corrected chi connectivity index (χ2v) is 8.09. The van der Waals surface area contributed by atoms with E-state index >= 15 is 0 Å². The van der Waals surface area contributed by atoms with Crippen molar-refractivity contribution in [3.05, 3.63) is 83.9 Å². The van der Waals surface area contributed by atoms with E-state index < -0.39 is 15.9 Å². The van der Waals surface area contributed by atoms with E-state index in [1.165, 1.54) is 24.3 Å². The van der Waals surface area contributed by atoms with Gasteiger partial charge in [-0.15, -0.1) is 0 Å². The van der Waals surface area contributed by atoms with Gasteiger partial charge < -0.3 is 16.4 Å². The molecule has 3 rings (SSSR count). The third-order valence-electron chi connectivity index (χ3n) is 4.26. The number of benzene rings is 3. The van der Waals surface area contributed by atoms with Crippen molar-refractivity contribution in [3.8, 4) is 0 Å². The van der Waals surface area contributed by atoms with Crippen LogP contribution in [0.1, 0.15) is 15.9 Å². The Labute approximate surface area is 174 Å². The third-order valence-corrected chi connectivity index (χ3v) is 5.18. The van der Waals surface area contributed by atoms with Gasteiger partial charge >= 0.3 is 0 Å². The van der Waals surface area contributed by atoms with Gasteiger partial charge in [-0.2, -0.15) is 0 Å². The van der Waals surface area contributed by atoms with Crippen molar-refractivity contribution < 1.29 is 18.0 Å². The number of hydrogen-bond acceptors (Lipinski definition) is 5. The highest BCUT2D eigenvalue weighted by Gasteiger charge is 2.11. The number of primary sulfonamides is 1. The Kier molecular flexibility index (Phi) is 6.14. The van der Waals surface area contributed by atoms with Crippen molar-refractivity contribution in [1.82, 2.24) is 0 Å². The molecule has 2 amide bonds. The zero-order valence-electron chi connectivity index (χ0n) is 15.8. The van der Waals surface area contributed by atoms with Crippen LogP contribution < -0.4 is 21.5 Å². The molecule has 3 aromatic carbocycles. The van der Waals surface area contributed by atoms with Gasteiger partial charge in [-0.25, -0.2) is 13.6 Å². The Hall–Kier alpha value is -3.69. The van der Waals surface area contributed by atoms with Crippen LogP contribution >= 0.6 is 0 Å². The van der Waals surface area contributed by atoms with Crippen molar-refractivity contribution in [1.29, 1.82) is 0 Å². The summed E-state index contributed by atoms with van der Waals surface area (Å²) in [5, 5.41) is 10.5. The molecular formula is C21H20N4O4S. The first-order valence-electron chi connectivity index (χ1n) is 8.90. The van der Waals surface area contributed by atoms with Crippen molar-refractivity contribution >= 4 is 38.9 Å². The molecule has 0 radical (unpaired) electrons. The summed E-state index contributed by atoms with van der Waals surface area (Å²) in [6.07, 6.45) is 0.111. The molecule has 0 saturated heterocycles. The average Bonchev–Trinajstić information content (AvgIpc) is 2.69. The molecule has 8 nitrogen and oxygen atoms in total. The summed E-state index contributed by atoms with van der Waals surface area (Å²) in [5.74, 6) is -0.675. The number of carbonyl (C=O) groups is 2. The monoisotopic (exact) mass is 424 g/mol. The first-order chi connectivity index (χ1) is 14.2. The molecule has 0 atom stereocenters. The number of sulfonamides is 1. The first-order valence-corrected chi connectivity index (χ1v) is 10.4. The Morgan fingerprint density at radius 2 is 1.53 bits per heavy atom. The minimum Gasteiger partial charge on any atom is -0.398 e. The molecule has 0 bridgehead atoms. The standard InChI is InChI=1S/C21H20N4O4S/c22-19-7-2-1-4-14(19)13-20(26)24-17-6-3-5-15(12-17)21(27)25-16-8-10-18(11-9-16)30(23,28)29/h1-12H,13,22H2,(H,24,26)(H,25,27)(H2,23,28,29). The van der Waals surface area contributed by atoms with Crippen LogP contribution in [0.3, 0.4) is 0 Å². The molecular weight excluding hydrogens is 404 g/mol. The molecule has 0 unspecified atom stereocenters. The average molecular weight is 424 g/mol. The van der Waals surface area contributed by atoms with Gasteiger partial charge in [0.25, 0.3) is 5.91 Å². The fourth-order valence-corrected chi connectivity index (χ4v) is 3.26. The van der Waals surface area contributed by atoms with E-state index in [0.717, 1.165) is 0 Å². The molecule has 0 saturated carbocycles. The van der Waals surface area contributed by atoms with Gasteiger partial charge in [0, 0.05) is 22.6 Å². The fraction of sp³-hybridized carbons (Fsp3) is 0.0476. The third kappa shape index (κ3) is 5.43. The summed E-state index contributed by atoms with van der Waals surface area (Å²) in [6, 6.07) is 19.0. The van der Waals surface area contributed by atoms with E-state index in [1.807, 2.05) is 0 Å². The van der Waals surface area contributed by atoms with Crippen LogP contribution in [0, 0.1) is 0 Å². The number of amides is 2. The normalized spacial score (nSPS) is 11.0. The van der Waals surface area contributed by atoms with Gasteiger partial charge in [-0.1, -0.05) is 24.3 Å². The number of rotatable bonds is 6. The molecule has 9 heteroatoms. The van der Waals surface area contributed by atoms with Crippen LogP contribution in [0.25, 0.3) is 0 Å². The Morgan fingerprint density at radius 1 is 0.833 bits per heavy atom. The number of carbonyl (C=O) groups excluding carboxylic acids is 2. The van der Waals surface area contributed by atoms with Crippen molar-refractivity contribution in [2.45, 2.75) is 11.3 Å². The Morgan fingerprint density at radius 3 is 2.20 bits per heavy atom. The summed E-state index contributed by atoms with van der Waals surface area (Å²) in [7, 11) is -3.80. The number of hydrogen-bond donors (Lipinski definition) is 4. The summed E-state index contributed by atoms with van der Waals surface area (Å²) in [6.45, 7) is 0. The summed E-state index contributed by atoms with van der Waals surface area (Å²) in [5.41, 5.74) is 8.30. The minimum atomic E-state index is -3.80.